The molecular formula is C16H22N4O. The van der Waals surface area contributed by atoms with Crippen molar-refractivity contribution in [2.45, 2.75) is 6.42 Å². The fourth-order valence-electron chi connectivity index (χ4n) is 3.03. The fourth-order valence-corrected chi connectivity index (χ4v) is 3.03. The molecule has 0 aliphatic carbocycles. The minimum atomic E-state index is 0.231. The summed E-state index contributed by atoms with van der Waals surface area (Å²) < 4.78 is 0. The normalized spacial score (nSPS) is 17.1. The molecule has 0 amide bonds. The lowest BCUT2D eigenvalue weighted by atomic mass is 10.1. The standard InChI is InChI=1S/C16H22N4O/c17-14-4-5-15(13-3-1-6-18-16(13)14)20-8-2-7-19(9-10-20)11-12-21/h1,3-6,21H,2,7-12,17H2. The number of anilines is 2. The van der Waals surface area contributed by atoms with Crippen LogP contribution < -0.4 is 10.6 Å². The largest absolute Gasteiger partial charge is 0.397 e. The van der Waals surface area contributed by atoms with Gasteiger partial charge in [0.2, 0.25) is 0 Å². The van der Waals surface area contributed by atoms with Crippen molar-refractivity contribution in [3.8, 4) is 0 Å². The summed E-state index contributed by atoms with van der Waals surface area (Å²) in [4.78, 5) is 9.13. The highest BCUT2D eigenvalue weighted by Crippen LogP contribution is 2.30. The van der Waals surface area contributed by atoms with E-state index in [9.17, 15) is 0 Å². The molecule has 5 heteroatoms. The van der Waals surface area contributed by atoms with E-state index >= 15 is 0 Å². The zero-order chi connectivity index (χ0) is 14.7. The Kier molecular flexibility index (Phi) is 4.22. The maximum absolute atomic E-state index is 9.09. The quantitative estimate of drug-likeness (QED) is 0.833. The summed E-state index contributed by atoms with van der Waals surface area (Å²) in [5.74, 6) is 0. The Labute approximate surface area is 125 Å². The lowest BCUT2D eigenvalue weighted by molar-refractivity contribution is 0.204. The smallest absolute Gasteiger partial charge is 0.0951 e. The third-order valence-electron chi connectivity index (χ3n) is 4.12. The molecule has 1 aromatic carbocycles. The average molecular weight is 286 g/mol. The van der Waals surface area contributed by atoms with E-state index in [1.54, 1.807) is 6.20 Å². The highest BCUT2D eigenvalue weighted by Gasteiger charge is 2.17. The van der Waals surface area contributed by atoms with Crippen molar-refractivity contribution in [3.05, 3.63) is 30.5 Å². The first-order valence-electron chi connectivity index (χ1n) is 7.51. The number of hydrogen-bond donors (Lipinski definition) is 2. The number of nitrogens with two attached hydrogens (primary N) is 1. The molecule has 3 N–H and O–H groups in total. The van der Waals surface area contributed by atoms with Crippen LogP contribution in [0.3, 0.4) is 0 Å². The number of aliphatic hydroxyl groups is 1. The Morgan fingerprint density at radius 3 is 2.90 bits per heavy atom. The second-order valence-electron chi connectivity index (χ2n) is 5.48. The zero-order valence-corrected chi connectivity index (χ0v) is 12.2. The van der Waals surface area contributed by atoms with Crippen molar-refractivity contribution < 1.29 is 5.11 Å². The molecule has 0 unspecified atom stereocenters. The van der Waals surface area contributed by atoms with Crippen LogP contribution in [0.1, 0.15) is 6.42 Å². The lowest BCUT2D eigenvalue weighted by Gasteiger charge is -2.25. The summed E-state index contributed by atoms with van der Waals surface area (Å²) in [6, 6.07) is 8.09. The molecule has 0 saturated carbocycles. The SMILES string of the molecule is Nc1ccc(N2CCCN(CCO)CC2)c2cccnc12. The molecule has 5 nitrogen and oxygen atoms in total. The summed E-state index contributed by atoms with van der Waals surface area (Å²) in [5.41, 5.74) is 8.85. The molecule has 2 heterocycles. The van der Waals surface area contributed by atoms with E-state index in [1.807, 2.05) is 12.1 Å². The van der Waals surface area contributed by atoms with Crippen molar-refractivity contribution in [2.24, 2.45) is 0 Å². The van der Waals surface area contributed by atoms with Gasteiger partial charge in [-0.15, -0.1) is 0 Å². The zero-order valence-electron chi connectivity index (χ0n) is 12.2. The van der Waals surface area contributed by atoms with Crippen molar-refractivity contribution in [3.63, 3.8) is 0 Å². The topological polar surface area (TPSA) is 65.6 Å². The van der Waals surface area contributed by atoms with Crippen LogP contribution in [-0.2, 0) is 0 Å². The second-order valence-corrected chi connectivity index (χ2v) is 5.48. The van der Waals surface area contributed by atoms with Crippen molar-refractivity contribution in [2.75, 3.05) is 50.0 Å². The molecular weight excluding hydrogens is 264 g/mol. The monoisotopic (exact) mass is 286 g/mol. The molecule has 0 bridgehead atoms. The van der Waals surface area contributed by atoms with E-state index < -0.39 is 0 Å². The average Bonchev–Trinajstić information content (AvgIpc) is 2.74. The summed E-state index contributed by atoms with van der Waals surface area (Å²) in [5, 5.41) is 10.2. The van der Waals surface area contributed by atoms with Gasteiger partial charge in [0.05, 0.1) is 17.8 Å². The number of pyridine rings is 1. The van der Waals surface area contributed by atoms with Gasteiger partial charge in [0.25, 0.3) is 0 Å². The van der Waals surface area contributed by atoms with Crippen LogP contribution in [0.2, 0.25) is 0 Å². The van der Waals surface area contributed by atoms with Crippen molar-refractivity contribution in [1.82, 2.24) is 9.88 Å². The molecule has 1 aromatic heterocycles. The Bertz CT molecular complexity index is 616. The van der Waals surface area contributed by atoms with Gasteiger partial charge in [-0.05, 0) is 37.2 Å². The van der Waals surface area contributed by atoms with Crippen LogP contribution in [-0.4, -0.2) is 54.3 Å². The molecule has 1 aliphatic heterocycles. The molecule has 1 aliphatic rings. The molecule has 0 radical (unpaired) electrons. The van der Waals surface area contributed by atoms with Crippen LogP contribution in [0.4, 0.5) is 11.4 Å². The van der Waals surface area contributed by atoms with E-state index in [4.69, 9.17) is 10.8 Å². The van der Waals surface area contributed by atoms with Crippen LogP contribution in [0, 0.1) is 0 Å². The Balaban J connectivity index is 1.88. The fraction of sp³-hybridized carbons (Fsp3) is 0.438. The molecule has 112 valence electrons. The lowest BCUT2D eigenvalue weighted by Crippen LogP contribution is -2.32. The number of rotatable bonds is 3. The number of hydrogen-bond acceptors (Lipinski definition) is 5. The van der Waals surface area contributed by atoms with Crippen LogP contribution in [0.25, 0.3) is 10.9 Å². The Hall–Kier alpha value is -1.85. The van der Waals surface area contributed by atoms with E-state index in [0.29, 0.717) is 0 Å². The minimum Gasteiger partial charge on any atom is -0.397 e. The maximum Gasteiger partial charge on any atom is 0.0951 e. The van der Waals surface area contributed by atoms with Crippen molar-refractivity contribution in [1.29, 1.82) is 0 Å². The Morgan fingerprint density at radius 2 is 2.05 bits per heavy atom. The van der Waals surface area contributed by atoms with Crippen LogP contribution in [0.15, 0.2) is 30.5 Å². The predicted octanol–water partition coefficient (Wildman–Crippen LogP) is 1.32. The summed E-state index contributed by atoms with van der Waals surface area (Å²) in [6.07, 6.45) is 2.89. The molecule has 2 aromatic rings. The van der Waals surface area contributed by atoms with E-state index in [1.165, 1.54) is 5.69 Å². The number of aliphatic hydroxyl groups excluding tert-OH is 1. The van der Waals surface area contributed by atoms with E-state index in [-0.39, 0.29) is 6.61 Å². The first kappa shape index (κ1) is 14.1. The first-order valence-corrected chi connectivity index (χ1v) is 7.51. The Morgan fingerprint density at radius 1 is 1.14 bits per heavy atom. The number of nitrogen functional groups attached to an aromatic ring is 1. The van der Waals surface area contributed by atoms with E-state index in [2.05, 4.69) is 26.9 Å². The van der Waals surface area contributed by atoms with Gasteiger partial charge in [0, 0.05) is 43.4 Å². The number of aromatic nitrogens is 1. The summed E-state index contributed by atoms with van der Waals surface area (Å²) in [7, 11) is 0. The van der Waals surface area contributed by atoms with Gasteiger partial charge in [-0.3, -0.25) is 9.88 Å². The van der Waals surface area contributed by atoms with E-state index in [0.717, 1.165) is 55.7 Å². The predicted molar refractivity (Wildman–Crippen MR) is 86.5 cm³/mol. The molecule has 1 saturated heterocycles. The third kappa shape index (κ3) is 2.94. The molecule has 0 atom stereocenters. The van der Waals surface area contributed by atoms with Gasteiger partial charge >= 0.3 is 0 Å². The molecule has 1 fully saturated rings. The van der Waals surface area contributed by atoms with Gasteiger partial charge in [-0.2, -0.15) is 0 Å². The van der Waals surface area contributed by atoms with Gasteiger partial charge in [0.15, 0.2) is 0 Å². The van der Waals surface area contributed by atoms with Gasteiger partial charge < -0.3 is 15.7 Å². The van der Waals surface area contributed by atoms with Gasteiger partial charge in [-0.1, -0.05) is 0 Å². The number of benzene rings is 1. The van der Waals surface area contributed by atoms with Crippen molar-refractivity contribution >= 4 is 22.3 Å². The highest BCUT2D eigenvalue weighted by atomic mass is 16.3. The van der Waals surface area contributed by atoms with Gasteiger partial charge in [0.1, 0.15) is 0 Å². The second kappa shape index (κ2) is 6.28. The molecule has 3 rings (SSSR count). The maximum atomic E-state index is 9.09. The number of fused-ring (bicyclic) bond motifs is 1. The highest BCUT2D eigenvalue weighted by molar-refractivity contribution is 5.98. The summed E-state index contributed by atoms with van der Waals surface area (Å²) in [6.45, 7) is 5.01. The first-order chi connectivity index (χ1) is 10.3. The minimum absolute atomic E-state index is 0.231. The number of β-amino-alcohol motifs (C(OH)–C–C–N with tert-alkyl or cyclic N) is 1. The number of nitrogens with zero attached hydrogens (tertiary/aromatic N) is 3. The summed E-state index contributed by atoms with van der Waals surface area (Å²) >= 11 is 0. The van der Waals surface area contributed by atoms with Gasteiger partial charge in [-0.25, -0.2) is 0 Å². The van der Waals surface area contributed by atoms with Crippen LogP contribution >= 0.6 is 0 Å². The molecule has 0 spiro atoms. The van der Waals surface area contributed by atoms with Crippen LogP contribution in [0.5, 0.6) is 0 Å². The third-order valence-corrected chi connectivity index (χ3v) is 4.12. The molecule has 21 heavy (non-hydrogen) atoms.